The van der Waals surface area contributed by atoms with Crippen LogP contribution in [0.15, 0.2) is 24.3 Å². The maximum atomic E-state index is 10.8. The average molecular weight is 288 g/mol. The Kier molecular flexibility index (Phi) is 3.72. The van der Waals surface area contributed by atoms with Gasteiger partial charge in [-0.15, -0.1) is 0 Å². The van der Waals surface area contributed by atoms with Gasteiger partial charge in [-0.1, -0.05) is 20.8 Å². The zero-order valence-electron chi connectivity index (χ0n) is 13.0. The Morgan fingerprint density at radius 2 is 1.76 bits per heavy atom. The number of nitrogens with zero attached hydrogens (tertiary/aromatic N) is 3. The van der Waals surface area contributed by atoms with Crippen molar-refractivity contribution in [3.63, 3.8) is 0 Å². The van der Waals surface area contributed by atoms with Crippen molar-refractivity contribution in [3.8, 4) is 11.1 Å². The van der Waals surface area contributed by atoms with E-state index < -0.39 is 4.92 Å². The van der Waals surface area contributed by atoms with Crippen LogP contribution >= 0.6 is 0 Å². The number of benzene rings is 1. The van der Waals surface area contributed by atoms with E-state index >= 15 is 0 Å². The number of nitro benzene ring substituents is 1. The molecule has 21 heavy (non-hydrogen) atoms. The third kappa shape index (κ3) is 2.89. The van der Waals surface area contributed by atoms with Crippen LogP contribution in [0, 0.1) is 10.1 Å². The molecule has 1 aromatic carbocycles. The summed E-state index contributed by atoms with van der Waals surface area (Å²) in [5, 5.41) is 18.3. The molecule has 6 nitrogen and oxygen atoms in total. The average Bonchev–Trinajstić information content (AvgIpc) is 2.83. The highest BCUT2D eigenvalue weighted by Gasteiger charge is 2.26. The van der Waals surface area contributed by atoms with Gasteiger partial charge in [0.2, 0.25) is 0 Å². The lowest BCUT2D eigenvalue weighted by molar-refractivity contribution is -0.384. The van der Waals surface area contributed by atoms with E-state index in [4.69, 9.17) is 0 Å². The minimum absolute atomic E-state index is 0.0888. The summed E-state index contributed by atoms with van der Waals surface area (Å²) >= 11 is 0. The molecular weight excluding hydrogens is 268 g/mol. The van der Waals surface area contributed by atoms with Crippen molar-refractivity contribution < 1.29 is 4.92 Å². The standard InChI is InChI=1S/C15H20N4O2/c1-15(2,3)13-12(14(17-16-13)18(4)5)10-6-8-11(9-7-10)19(20)21/h6-9H,1-5H3,(H,16,17). The van der Waals surface area contributed by atoms with Gasteiger partial charge in [0, 0.05) is 37.2 Å². The van der Waals surface area contributed by atoms with E-state index in [-0.39, 0.29) is 11.1 Å². The summed E-state index contributed by atoms with van der Waals surface area (Å²) in [6, 6.07) is 6.58. The van der Waals surface area contributed by atoms with E-state index in [1.54, 1.807) is 12.1 Å². The van der Waals surface area contributed by atoms with Crippen LogP contribution in [-0.4, -0.2) is 29.2 Å². The molecule has 2 rings (SSSR count). The van der Waals surface area contributed by atoms with E-state index in [9.17, 15) is 10.1 Å². The van der Waals surface area contributed by atoms with Crippen molar-refractivity contribution in [2.24, 2.45) is 0 Å². The monoisotopic (exact) mass is 288 g/mol. The Hall–Kier alpha value is -2.37. The van der Waals surface area contributed by atoms with E-state index in [1.807, 2.05) is 19.0 Å². The van der Waals surface area contributed by atoms with E-state index in [1.165, 1.54) is 12.1 Å². The largest absolute Gasteiger partial charge is 0.363 e. The zero-order chi connectivity index (χ0) is 15.8. The molecule has 2 aromatic rings. The van der Waals surface area contributed by atoms with Crippen LogP contribution in [0.1, 0.15) is 26.5 Å². The van der Waals surface area contributed by atoms with Crippen LogP contribution in [0.3, 0.4) is 0 Å². The van der Waals surface area contributed by atoms with Gasteiger partial charge in [0.1, 0.15) is 5.82 Å². The number of nitro groups is 1. The Morgan fingerprint density at radius 3 is 2.19 bits per heavy atom. The van der Waals surface area contributed by atoms with Crippen molar-refractivity contribution >= 4 is 11.5 Å². The van der Waals surface area contributed by atoms with Crippen molar-refractivity contribution in [1.29, 1.82) is 0 Å². The molecule has 0 spiro atoms. The van der Waals surface area contributed by atoms with Gasteiger partial charge in [-0.05, 0) is 17.7 Å². The molecule has 0 fully saturated rings. The lowest BCUT2D eigenvalue weighted by Crippen LogP contribution is -2.14. The fraction of sp³-hybridized carbons (Fsp3) is 0.400. The summed E-state index contributed by atoms with van der Waals surface area (Å²) in [6.07, 6.45) is 0. The van der Waals surface area contributed by atoms with Gasteiger partial charge < -0.3 is 4.90 Å². The van der Waals surface area contributed by atoms with Crippen molar-refractivity contribution in [1.82, 2.24) is 10.2 Å². The van der Waals surface area contributed by atoms with Crippen LogP contribution in [0.4, 0.5) is 11.5 Å². The third-order valence-corrected chi connectivity index (χ3v) is 3.27. The van der Waals surface area contributed by atoms with Crippen LogP contribution in [0.25, 0.3) is 11.1 Å². The Bertz CT molecular complexity index is 651. The number of aromatic nitrogens is 2. The molecule has 6 heteroatoms. The molecule has 1 aromatic heterocycles. The predicted octanol–water partition coefficient (Wildman–Crippen LogP) is 3.35. The summed E-state index contributed by atoms with van der Waals surface area (Å²) in [4.78, 5) is 12.3. The minimum Gasteiger partial charge on any atom is -0.363 e. The van der Waals surface area contributed by atoms with E-state index in [2.05, 4.69) is 31.0 Å². The topological polar surface area (TPSA) is 75.1 Å². The van der Waals surface area contributed by atoms with Crippen molar-refractivity contribution in [3.05, 3.63) is 40.1 Å². The highest BCUT2D eigenvalue weighted by Crippen LogP contribution is 2.37. The molecule has 0 amide bonds. The minimum atomic E-state index is -0.392. The maximum absolute atomic E-state index is 10.8. The number of aromatic amines is 1. The predicted molar refractivity (Wildman–Crippen MR) is 83.7 cm³/mol. The van der Waals surface area contributed by atoms with Gasteiger partial charge in [0.05, 0.1) is 10.6 Å². The number of anilines is 1. The number of hydrogen-bond acceptors (Lipinski definition) is 4. The molecule has 0 aliphatic heterocycles. The van der Waals surface area contributed by atoms with Gasteiger partial charge in [-0.2, -0.15) is 5.10 Å². The Labute approximate surface area is 123 Å². The zero-order valence-corrected chi connectivity index (χ0v) is 13.0. The quantitative estimate of drug-likeness (QED) is 0.694. The molecular formula is C15H20N4O2. The summed E-state index contributed by atoms with van der Waals surface area (Å²) in [6.45, 7) is 6.28. The molecule has 1 N–H and O–H groups in total. The second kappa shape index (κ2) is 5.20. The lowest BCUT2D eigenvalue weighted by atomic mass is 9.87. The molecule has 0 aliphatic rings. The van der Waals surface area contributed by atoms with Gasteiger partial charge in [-0.3, -0.25) is 15.2 Å². The molecule has 0 saturated carbocycles. The SMILES string of the molecule is CN(C)c1[nH]nc(C(C)(C)C)c1-c1ccc([N+](=O)[O-])cc1. The fourth-order valence-corrected chi connectivity index (χ4v) is 2.22. The second-order valence-electron chi connectivity index (χ2n) is 6.24. The molecule has 0 unspecified atom stereocenters. The van der Waals surface area contributed by atoms with Gasteiger partial charge in [-0.25, -0.2) is 0 Å². The van der Waals surface area contributed by atoms with Crippen molar-refractivity contribution in [2.45, 2.75) is 26.2 Å². The first kappa shape index (κ1) is 15.0. The first-order valence-electron chi connectivity index (χ1n) is 6.73. The molecule has 0 bridgehead atoms. The third-order valence-electron chi connectivity index (χ3n) is 3.27. The van der Waals surface area contributed by atoms with Gasteiger partial charge in [0.25, 0.3) is 5.69 Å². The van der Waals surface area contributed by atoms with Crippen LogP contribution in [0.5, 0.6) is 0 Å². The molecule has 112 valence electrons. The summed E-state index contributed by atoms with van der Waals surface area (Å²) in [5.41, 5.74) is 2.82. The molecule has 0 radical (unpaired) electrons. The summed E-state index contributed by atoms with van der Waals surface area (Å²) in [7, 11) is 3.88. The number of non-ortho nitro benzene ring substituents is 1. The number of rotatable bonds is 3. The van der Waals surface area contributed by atoms with Crippen LogP contribution < -0.4 is 4.90 Å². The smallest absolute Gasteiger partial charge is 0.269 e. The Balaban J connectivity index is 2.60. The number of hydrogen-bond donors (Lipinski definition) is 1. The maximum Gasteiger partial charge on any atom is 0.269 e. The first-order chi connectivity index (χ1) is 9.71. The van der Waals surface area contributed by atoms with Crippen molar-refractivity contribution in [2.75, 3.05) is 19.0 Å². The molecule has 0 saturated heterocycles. The number of nitrogens with one attached hydrogen (secondary N) is 1. The second-order valence-corrected chi connectivity index (χ2v) is 6.24. The van der Waals surface area contributed by atoms with Crippen LogP contribution in [0.2, 0.25) is 0 Å². The first-order valence-corrected chi connectivity index (χ1v) is 6.73. The number of H-pyrrole nitrogens is 1. The molecule has 1 heterocycles. The van der Waals surface area contributed by atoms with E-state index in [0.29, 0.717) is 0 Å². The van der Waals surface area contributed by atoms with Gasteiger partial charge >= 0.3 is 0 Å². The fourth-order valence-electron chi connectivity index (χ4n) is 2.22. The highest BCUT2D eigenvalue weighted by molar-refractivity contribution is 5.79. The Morgan fingerprint density at radius 1 is 1.19 bits per heavy atom. The highest BCUT2D eigenvalue weighted by atomic mass is 16.6. The van der Waals surface area contributed by atoms with Crippen LogP contribution in [-0.2, 0) is 5.41 Å². The summed E-state index contributed by atoms with van der Waals surface area (Å²) < 4.78 is 0. The van der Waals surface area contributed by atoms with E-state index in [0.717, 1.165) is 22.6 Å². The lowest BCUT2D eigenvalue weighted by Gasteiger charge is -2.19. The normalized spacial score (nSPS) is 11.5. The molecule has 0 atom stereocenters. The summed E-state index contributed by atoms with van der Waals surface area (Å²) in [5.74, 6) is 0.897. The molecule has 0 aliphatic carbocycles. The van der Waals surface area contributed by atoms with Gasteiger partial charge in [0.15, 0.2) is 0 Å².